The topological polar surface area (TPSA) is 213 Å². The minimum Gasteiger partial charge on any atom is -0.541 e. The van der Waals surface area contributed by atoms with Crippen LogP contribution in [0, 0.1) is 19.8 Å². The highest BCUT2D eigenvalue weighted by molar-refractivity contribution is 6.39. The third-order valence-corrected chi connectivity index (χ3v) is 11.7. The van der Waals surface area contributed by atoms with Crippen LogP contribution in [0.25, 0.3) is 0 Å². The van der Waals surface area contributed by atoms with Crippen molar-refractivity contribution in [2.45, 2.75) is 83.7 Å². The van der Waals surface area contributed by atoms with Gasteiger partial charge in [0.15, 0.2) is 6.29 Å². The molecule has 0 bridgehead atoms. The van der Waals surface area contributed by atoms with Crippen LogP contribution in [-0.4, -0.2) is 152 Å². The number of nitrogens with one attached hydrogen (secondary N) is 7. The Morgan fingerprint density at radius 2 is 1.22 bits per heavy atom. The average molecular weight is 885 g/mol. The van der Waals surface area contributed by atoms with Crippen molar-refractivity contribution >= 4 is 41.6 Å². The second-order valence-corrected chi connectivity index (χ2v) is 16.6. The van der Waals surface area contributed by atoms with Gasteiger partial charge in [0, 0.05) is 49.2 Å². The smallest absolute Gasteiger partial charge is 0.345 e. The van der Waals surface area contributed by atoms with Gasteiger partial charge >= 0.3 is 11.9 Å². The molecule has 0 amide bonds. The molecule has 8 aliphatic rings. The molecule has 1 unspecified atom stereocenters. The number of carbonyl (C=O) groups excluding carboxylic acids is 4. The van der Waals surface area contributed by atoms with Gasteiger partial charge in [0.2, 0.25) is 11.6 Å². The van der Waals surface area contributed by atoms with Crippen molar-refractivity contribution in [2.75, 3.05) is 85.1 Å². The number of guanidine groups is 2. The molecule has 2 aromatic carbocycles. The molecule has 0 spiro atoms. The summed E-state index contributed by atoms with van der Waals surface area (Å²) in [6.45, 7) is 19.7. The maximum atomic E-state index is 10.8. The van der Waals surface area contributed by atoms with E-state index >= 15 is 0 Å². The molecule has 17 nitrogen and oxygen atoms in total. The molecule has 10 rings (SSSR count). The van der Waals surface area contributed by atoms with E-state index in [9.17, 15) is 29.4 Å². The van der Waals surface area contributed by atoms with E-state index in [0.29, 0.717) is 6.17 Å². The lowest BCUT2D eigenvalue weighted by atomic mass is 10.1. The molecule has 350 valence electrons. The lowest BCUT2D eigenvalue weighted by Gasteiger charge is -2.41. The van der Waals surface area contributed by atoms with Crippen molar-refractivity contribution in [3.05, 3.63) is 84.1 Å². The molecule has 0 saturated carbocycles. The molecule has 0 aromatic heterocycles. The number of hydrogen-bond acceptors (Lipinski definition) is 14. The normalized spacial score (nSPS) is 21.1. The van der Waals surface area contributed by atoms with E-state index in [1.54, 1.807) is 30.3 Å². The zero-order chi connectivity index (χ0) is 45.4. The predicted molar refractivity (Wildman–Crippen MR) is 242 cm³/mol. The maximum absolute atomic E-state index is 10.8. The van der Waals surface area contributed by atoms with E-state index in [1.807, 2.05) is 6.92 Å². The molecule has 17 heteroatoms. The lowest BCUT2D eigenvalue weighted by molar-refractivity contribution is -0.539. The highest BCUT2D eigenvalue weighted by Crippen LogP contribution is 2.18. The number of carbonyl (C=O) groups is 4. The Kier molecular flexibility index (Phi) is 21.5. The summed E-state index contributed by atoms with van der Waals surface area (Å²) in [6, 6.07) is 14.0. The number of benzene rings is 2. The van der Waals surface area contributed by atoms with E-state index < -0.39 is 23.5 Å². The van der Waals surface area contributed by atoms with Crippen molar-refractivity contribution in [1.82, 2.24) is 41.7 Å². The standard InChI is InChI=1S/C9H17N2.C9H8O3.C8H6O3.3C7H13N3/c1-2-5-9-10-6-4-8-11(9)7-3-1;1-6-2-4-7(5-3-6)8(10)9(11)12;9-7(8(10)11)6-4-2-1-3-5-6;3*1-3-8-7-9-4-2-6-10(7)5-1/h6,9-10H,1-5,7-8H2;2-5H,1H3,(H,11,12);1-5H,(H,10,11);2*1-6H2,(H,8,9);3,8-9H,1-2,4-6H2/q-1;;;;;. The number of rotatable bonds is 4. The number of carboxylic acids is 2. The fraction of sp³-hybridized carbons (Fsp3) is 0.553. The molecule has 3 fully saturated rings. The third-order valence-electron chi connectivity index (χ3n) is 11.7. The van der Waals surface area contributed by atoms with Crippen LogP contribution >= 0.6 is 0 Å². The van der Waals surface area contributed by atoms with Gasteiger partial charge in [-0.15, -0.1) is 0 Å². The fourth-order valence-corrected chi connectivity index (χ4v) is 8.21. The first-order chi connectivity index (χ1) is 31.2. The van der Waals surface area contributed by atoms with Gasteiger partial charge in [-0.3, -0.25) is 56.4 Å². The minimum absolute atomic E-state index is 0.146. The summed E-state index contributed by atoms with van der Waals surface area (Å²) in [7, 11) is 0. The molecule has 0 aliphatic carbocycles. The van der Waals surface area contributed by atoms with Gasteiger partial charge in [-0.25, -0.2) is 0 Å². The first-order valence-corrected chi connectivity index (χ1v) is 23.3. The van der Waals surface area contributed by atoms with Crippen molar-refractivity contribution in [3.8, 4) is 0 Å². The number of ketones is 2. The highest BCUT2D eigenvalue weighted by Gasteiger charge is 2.22. The first-order valence-electron chi connectivity index (χ1n) is 23.3. The zero-order valence-corrected chi connectivity index (χ0v) is 37.6. The number of aryl methyl sites for hydroxylation is 1. The first kappa shape index (κ1) is 49.7. The Balaban J connectivity index is 0.000000145. The average Bonchev–Trinajstić information content (AvgIpc) is 3.61. The Hall–Kier alpha value is -5.36. The van der Waals surface area contributed by atoms with E-state index in [4.69, 9.17) is 0 Å². The van der Waals surface area contributed by atoms with Crippen LogP contribution in [0.5, 0.6) is 0 Å². The quantitative estimate of drug-likeness (QED) is 0.0757. The summed E-state index contributed by atoms with van der Waals surface area (Å²) in [5, 5.41) is 40.4. The summed E-state index contributed by atoms with van der Waals surface area (Å²) in [4.78, 5) is 49.8. The van der Waals surface area contributed by atoms with Crippen molar-refractivity contribution < 1.29 is 43.5 Å². The van der Waals surface area contributed by atoms with E-state index in [0.717, 1.165) is 44.7 Å². The predicted octanol–water partition coefficient (Wildman–Crippen LogP) is -2.14. The minimum atomic E-state index is -1.67. The zero-order valence-electron chi connectivity index (χ0n) is 37.6. The summed E-state index contributed by atoms with van der Waals surface area (Å²) in [5.74, 6) is -2.77. The number of Topliss-reactive ketones (excluding diaryl/α,β-unsaturated/α-hetero) is 2. The number of hydrogen-bond donors (Lipinski definition) is 7. The Morgan fingerprint density at radius 3 is 1.75 bits per heavy atom. The molecule has 7 N–H and O–H groups in total. The monoisotopic (exact) mass is 885 g/mol. The Bertz CT molecular complexity index is 1750. The van der Waals surface area contributed by atoms with Crippen LogP contribution in [0.2, 0.25) is 0 Å². The molecule has 0 radical (unpaired) electrons. The van der Waals surface area contributed by atoms with E-state index in [-0.39, 0.29) is 11.1 Å². The van der Waals surface area contributed by atoms with E-state index in [2.05, 4.69) is 68.6 Å². The van der Waals surface area contributed by atoms with Crippen LogP contribution in [0.3, 0.4) is 0 Å². The van der Waals surface area contributed by atoms with Crippen molar-refractivity contribution in [2.24, 2.45) is 0 Å². The second-order valence-electron chi connectivity index (χ2n) is 16.6. The molecule has 64 heavy (non-hydrogen) atoms. The second kappa shape index (κ2) is 27.7. The highest BCUT2D eigenvalue weighted by atomic mass is 16.4. The summed E-state index contributed by atoms with van der Waals surface area (Å²) in [6.07, 6.45) is 18.3. The molecule has 8 aliphatic heterocycles. The van der Waals surface area contributed by atoms with Gasteiger partial charge in [-0.2, -0.15) is 6.42 Å². The number of fused-ring (bicyclic) bond motifs is 2. The maximum Gasteiger partial charge on any atom is 0.345 e. The van der Waals surface area contributed by atoms with Crippen LogP contribution < -0.4 is 47.1 Å². The van der Waals surface area contributed by atoms with Gasteiger partial charge in [0.05, 0.1) is 52.4 Å². The largest absolute Gasteiger partial charge is 0.541 e. The van der Waals surface area contributed by atoms with Gasteiger partial charge in [-0.1, -0.05) is 73.0 Å². The van der Waals surface area contributed by atoms with Crippen LogP contribution in [0.15, 0.2) is 54.6 Å². The molecular formula is C47H70N11O6-. The Morgan fingerprint density at radius 1 is 0.656 bits per heavy atom. The molecule has 8 heterocycles. The van der Waals surface area contributed by atoms with Gasteiger partial charge in [0.1, 0.15) is 11.9 Å². The Labute approximate surface area is 378 Å². The summed E-state index contributed by atoms with van der Waals surface area (Å²) in [5.41, 5.74) is 1.28. The van der Waals surface area contributed by atoms with Crippen LogP contribution in [0.1, 0.15) is 96.9 Å². The lowest BCUT2D eigenvalue weighted by Crippen LogP contribution is -2.83. The van der Waals surface area contributed by atoms with Crippen LogP contribution in [0.4, 0.5) is 0 Å². The SMILES string of the molecule is C1=[NH+][C-]2NCCCN2CC1.C1CNC2=[N+](C1)CCCN2.C1CNC2=[N+](C1)CCCN2.Cc1ccc(C(=O)C(=O)[O-])cc1.O=C([O-])C(=O)c1ccccc1.[CH-]1CCN2CCCCCC2N1. The number of nitrogens with zero attached hydrogens (tertiary/aromatic N) is 4. The number of aliphatic carboxylic acids is 2. The van der Waals surface area contributed by atoms with Gasteiger partial charge < -0.3 is 35.4 Å². The van der Waals surface area contributed by atoms with Crippen molar-refractivity contribution in [1.29, 1.82) is 0 Å². The van der Waals surface area contributed by atoms with Gasteiger partial charge in [-0.05, 0) is 65.3 Å². The molecule has 3 saturated heterocycles. The summed E-state index contributed by atoms with van der Waals surface area (Å²) >= 11 is 0. The number of carboxylic acid groups (broad SMARTS) is 2. The van der Waals surface area contributed by atoms with Crippen LogP contribution in [-0.2, 0) is 9.59 Å². The molecular weight excluding hydrogens is 815 g/mol. The molecule has 2 aromatic rings. The molecule has 1 atom stereocenters. The van der Waals surface area contributed by atoms with E-state index in [1.165, 1.54) is 159 Å². The summed E-state index contributed by atoms with van der Waals surface area (Å²) < 4.78 is 4.79. The third kappa shape index (κ3) is 17.0. The van der Waals surface area contributed by atoms with Crippen molar-refractivity contribution in [3.63, 3.8) is 0 Å². The van der Waals surface area contributed by atoms with Gasteiger partial charge in [0.25, 0.3) is 0 Å². The fourth-order valence-electron chi connectivity index (χ4n) is 8.21.